The highest BCUT2D eigenvalue weighted by Crippen LogP contribution is 2.19. The topological polar surface area (TPSA) is 44.9 Å². The normalized spacial score (nSPS) is 10.8. The van der Waals surface area contributed by atoms with E-state index in [1.54, 1.807) is 6.20 Å². The van der Waals surface area contributed by atoms with E-state index < -0.39 is 11.6 Å². The second-order valence-corrected chi connectivity index (χ2v) is 4.74. The van der Waals surface area contributed by atoms with Crippen molar-refractivity contribution >= 4 is 22.5 Å². The van der Waals surface area contributed by atoms with Gasteiger partial charge in [0.1, 0.15) is 11.6 Å². The molecule has 3 rings (SSSR count). The fourth-order valence-corrected chi connectivity index (χ4v) is 2.28. The number of carbonyl (C=O) groups excluding carboxylic acids is 1. The molecule has 0 saturated heterocycles. The molecule has 0 aliphatic rings. The van der Waals surface area contributed by atoms with Crippen molar-refractivity contribution in [3.8, 4) is 0 Å². The van der Waals surface area contributed by atoms with Gasteiger partial charge in [0.25, 0.3) is 0 Å². The van der Waals surface area contributed by atoms with Crippen LogP contribution in [0.3, 0.4) is 0 Å². The Bertz CT molecular complexity index is 791. The molecule has 2 aromatic carbocycles. The van der Waals surface area contributed by atoms with Gasteiger partial charge in [0, 0.05) is 28.9 Å². The second-order valence-electron chi connectivity index (χ2n) is 4.74. The molecule has 0 unspecified atom stereocenters. The van der Waals surface area contributed by atoms with Crippen molar-refractivity contribution in [2.45, 2.75) is 6.42 Å². The fraction of sp³-hybridized carbons (Fsp3) is 0.0625. The van der Waals surface area contributed by atoms with E-state index in [4.69, 9.17) is 0 Å². The standard InChI is InChI=1S/C16H12F2N2O/c17-11-6-12(18)8-13(7-11)20-16(21)5-10-9-19-15-4-2-1-3-14(10)15/h1-4,6-9,19H,5H2,(H,20,21). The van der Waals surface area contributed by atoms with Gasteiger partial charge in [-0.2, -0.15) is 0 Å². The summed E-state index contributed by atoms with van der Waals surface area (Å²) in [6.07, 6.45) is 1.89. The molecule has 0 fully saturated rings. The lowest BCUT2D eigenvalue weighted by Gasteiger charge is -2.05. The van der Waals surface area contributed by atoms with Gasteiger partial charge < -0.3 is 10.3 Å². The van der Waals surface area contributed by atoms with Crippen molar-refractivity contribution in [1.29, 1.82) is 0 Å². The summed E-state index contributed by atoms with van der Waals surface area (Å²) in [5.41, 5.74) is 1.88. The molecule has 5 heteroatoms. The van der Waals surface area contributed by atoms with Crippen molar-refractivity contribution in [2.24, 2.45) is 0 Å². The third-order valence-electron chi connectivity index (χ3n) is 3.17. The highest BCUT2D eigenvalue weighted by atomic mass is 19.1. The number of carbonyl (C=O) groups is 1. The summed E-state index contributed by atoms with van der Waals surface area (Å²) in [6.45, 7) is 0. The van der Waals surface area contributed by atoms with Crippen LogP contribution in [0, 0.1) is 11.6 Å². The molecule has 0 atom stereocenters. The summed E-state index contributed by atoms with van der Waals surface area (Å²) in [5, 5.41) is 3.45. The van der Waals surface area contributed by atoms with Crippen LogP contribution in [-0.4, -0.2) is 10.9 Å². The van der Waals surface area contributed by atoms with Gasteiger partial charge in [-0.1, -0.05) is 18.2 Å². The van der Waals surface area contributed by atoms with Crippen molar-refractivity contribution in [2.75, 3.05) is 5.32 Å². The number of amides is 1. The average Bonchev–Trinajstić information content (AvgIpc) is 2.81. The molecule has 1 heterocycles. The summed E-state index contributed by atoms with van der Waals surface area (Å²) in [6, 6.07) is 10.5. The number of H-pyrrole nitrogens is 1. The Kier molecular flexibility index (Phi) is 3.39. The van der Waals surface area contributed by atoms with E-state index in [9.17, 15) is 13.6 Å². The minimum atomic E-state index is -0.725. The first-order valence-corrected chi connectivity index (χ1v) is 6.43. The number of halogens is 2. The van der Waals surface area contributed by atoms with Crippen LogP contribution in [0.1, 0.15) is 5.56 Å². The number of hydrogen-bond donors (Lipinski definition) is 2. The first-order valence-electron chi connectivity index (χ1n) is 6.43. The van der Waals surface area contributed by atoms with Gasteiger partial charge >= 0.3 is 0 Å². The van der Waals surface area contributed by atoms with Gasteiger partial charge in [-0.15, -0.1) is 0 Å². The lowest BCUT2D eigenvalue weighted by molar-refractivity contribution is -0.115. The molecule has 0 aliphatic heterocycles. The number of rotatable bonds is 3. The van der Waals surface area contributed by atoms with Gasteiger partial charge in [0.2, 0.25) is 5.91 Å². The van der Waals surface area contributed by atoms with Crippen molar-refractivity contribution in [3.05, 3.63) is 65.9 Å². The van der Waals surface area contributed by atoms with Crippen LogP contribution in [-0.2, 0) is 11.2 Å². The lowest BCUT2D eigenvalue weighted by Crippen LogP contribution is -2.14. The van der Waals surface area contributed by atoms with Gasteiger partial charge in [0.15, 0.2) is 0 Å². The average molecular weight is 286 g/mol. The number of hydrogen-bond acceptors (Lipinski definition) is 1. The minimum absolute atomic E-state index is 0.109. The predicted octanol–water partition coefficient (Wildman–Crippen LogP) is 3.63. The third-order valence-corrected chi connectivity index (χ3v) is 3.17. The zero-order chi connectivity index (χ0) is 14.8. The molecule has 0 bridgehead atoms. The maximum Gasteiger partial charge on any atom is 0.228 e. The number of para-hydroxylation sites is 1. The molecule has 3 nitrogen and oxygen atoms in total. The summed E-state index contributed by atoms with van der Waals surface area (Å²) >= 11 is 0. The Balaban J connectivity index is 1.77. The second kappa shape index (κ2) is 5.36. The molecular weight excluding hydrogens is 274 g/mol. The number of aromatic amines is 1. The van der Waals surface area contributed by atoms with E-state index in [1.165, 1.54) is 0 Å². The van der Waals surface area contributed by atoms with Crippen LogP contribution in [0.2, 0.25) is 0 Å². The smallest absolute Gasteiger partial charge is 0.228 e. The Labute approximate surface area is 119 Å². The molecule has 21 heavy (non-hydrogen) atoms. The number of aromatic nitrogens is 1. The first-order chi connectivity index (χ1) is 10.1. The summed E-state index contributed by atoms with van der Waals surface area (Å²) in [4.78, 5) is 15.1. The van der Waals surface area contributed by atoms with E-state index in [1.807, 2.05) is 24.3 Å². The van der Waals surface area contributed by atoms with Crippen molar-refractivity contribution in [1.82, 2.24) is 4.98 Å². The van der Waals surface area contributed by atoms with E-state index >= 15 is 0 Å². The summed E-state index contributed by atoms with van der Waals surface area (Å²) < 4.78 is 26.1. The van der Waals surface area contributed by atoms with Gasteiger partial charge in [-0.25, -0.2) is 8.78 Å². The molecule has 1 amide bonds. The monoisotopic (exact) mass is 286 g/mol. The van der Waals surface area contributed by atoms with Crippen LogP contribution in [0.4, 0.5) is 14.5 Å². The maximum absolute atomic E-state index is 13.1. The SMILES string of the molecule is O=C(Cc1c[nH]c2ccccc12)Nc1cc(F)cc(F)c1. The molecule has 106 valence electrons. The first kappa shape index (κ1) is 13.3. The Hall–Kier alpha value is -2.69. The maximum atomic E-state index is 13.1. The summed E-state index contributed by atoms with van der Waals surface area (Å²) in [5.74, 6) is -1.78. The van der Waals surface area contributed by atoms with E-state index in [-0.39, 0.29) is 18.0 Å². The molecule has 0 aliphatic carbocycles. The van der Waals surface area contributed by atoms with Crippen molar-refractivity contribution in [3.63, 3.8) is 0 Å². The van der Waals surface area contributed by atoms with Crippen LogP contribution in [0.25, 0.3) is 10.9 Å². The summed E-state index contributed by atoms with van der Waals surface area (Å²) in [7, 11) is 0. The largest absolute Gasteiger partial charge is 0.361 e. The predicted molar refractivity (Wildman–Crippen MR) is 77.0 cm³/mol. The van der Waals surface area contributed by atoms with Gasteiger partial charge in [0.05, 0.1) is 6.42 Å². The molecule has 2 N–H and O–H groups in total. The zero-order valence-corrected chi connectivity index (χ0v) is 11.0. The van der Waals surface area contributed by atoms with Crippen LogP contribution in [0.15, 0.2) is 48.7 Å². The van der Waals surface area contributed by atoms with Gasteiger partial charge in [-0.05, 0) is 23.8 Å². The van der Waals surface area contributed by atoms with E-state index in [2.05, 4.69) is 10.3 Å². The molecule has 3 aromatic rings. The molecule has 0 spiro atoms. The Morgan fingerprint density at radius 1 is 1.10 bits per heavy atom. The molecule has 0 radical (unpaired) electrons. The van der Waals surface area contributed by atoms with E-state index in [0.29, 0.717) is 0 Å². The number of fused-ring (bicyclic) bond motifs is 1. The van der Waals surface area contributed by atoms with Crippen LogP contribution >= 0.6 is 0 Å². The third kappa shape index (κ3) is 2.91. The van der Waals surface area contributed by atoms with Crippen LogP contribution < -0.4 is 5.32 Å². The lowest BCUT2D eigenvalue weighted by atomic mass is 10.1. The number of anilines is 1. The molecular formula is C16H12F2N2O. The van der Waals surface area contributed by atoms with Gasteiger partial charge in [-0.3, -0.25) is 4.79 Å². The van der Waals surface area contributed by atoms with Crippen LogP contribution in [0.5, 0.6) is 0 Å². The molecule has 1 aromatic heterocycles. The Morgan fingerprint density at radius 3 is 2.57 bits per heavy atom. The highest BCUT2D eigenvalue weighted by molar-refractivity contribution is 5.95. The minimum Gasteiger partial charge on any atom is -0.361 e. The van der Waals surface area contributed by atoms with Crippen molar-refractivity contribution < 1.29 is 13.6 Å². The number of nitrogens with one attached hydrogen (secondary N) is 2. The quantitative estimate of drug-likeness (QED) is 0.758. The fourth-order valence-electron chi connectivity index (χ4n) is 2.28. The zero-order valence-electron chi connectivity index (χ0n) is 11.0. The highest BCUT2D eigenvalue weighted by Gasteiger charge is 2.10. The van der Waals surface area contributed by atoms with E-state index in [0.717, 1.165) is 34.7 Å². The number of benzene rings is 2. The molecule has 0 saturated carbocycles. The Morgan fingerprint density at radius 2 is 1.81 bits per heavy atom.